The van der Waals surface area contributed by atoms with E-state index in [0.29, 0.717) is 5.52 Å². The number of carbonyl (C=O) groups excluding carboxylic acids is 4. The summed E-state index contributed by atoms with van der Waals surface area (Å²) < 4.78 is 8.60. The maximum absolute atomic E-state index is 12.8. The number of ether oxygens (including phenoxy) is 1. The van der Waals surface area contributed by atoms with Crippen LogP contribution in [0, 0.1) is 0 Å². The Morgan fingerprint density at radius 2 is 1.20 bits per heavy atom. The van der Waals surface area contributed by atoms with Crippen LogP contribution >= 0.6 is 0 Å². The number of primary amides is 2. The van der Waals surface area contributed by atoms with Crippen molar-refractivity contribution >= 4 is 57.6 Å². The molecule has 0 aliphatic heterocycles. The molecule has 2 aromatic carbocycles. The van der Waals surface area contributed by atoms with Crippen molar-refractivity contribution in [3.05, 3.63) is 95.6 Å². The number of phenolic OH excluding ortho intramolecular Hbond substituents is 1. The highest BCUT2D eigenvalue weighted by Gasteiger charge is 2.21. The summed E-state index contributed by atoms with van der Waals surface area (Å²) in [5.41, 5.74) is 34.1. The van der Waals surface area contributed by atoms with Crippen molar-refractivity contribution in [1.82, 2.24) is 19.1 Å². The Labute approximate surface area is 278 Å². The SMILES string of the molecule is COc1cc(C(N)=O)cc2nc(NC(=O)/C(N)=C/C=C\N)n(C/C=C/Cn3c(NC(=O)/C(N)=C/C=C\N)nc4cc(C(N)=O)cc(O)c43)c12. The van der Waals surface area contributed by atoms with Crippen LogP contribution in [0.1, 0.15) is 20.7 Å². The smallest absolute Gasteiger partial charge is 0.273 e. The Hall–Kier alpha value is -7.24. The van der Waals surface area contributed by atoms with E-state index in [9.17, 15) is 24.3 Å². The van der Waals surface area contributed by atoms with Crippen molar-refractivity contribution in [3.8, 4) is 11.5 Å². The largest absolute Gasteiger partial charge is 0.506 e. The number of hydrogen-bond donors (Lipinski definition) is 9. The predicted octanol–water partition coefficient (Wildman–Crippen LogP) is 0.0614. The number of imidazole rings is 2. The summed E-state index contributed by atoms with van der Waals surface area (Å²) in [4.78, 5) is 58.3. The highest BCUT2D eigenvalue weighted by Crippen LogP contribution is 2.32. The topological polar surface area (TPSA) is 314 Å². The number of hydrogen-bond acceptors (Lipinski definition) is 12. The minimum atomic E-state index is -0.792. The fourth-order valence-electron chi connectivity index (χ4n) is 4.64. The van der Waals surface area contributed by atoms with Gasteiger partial charge in [0, 0.05) is 24.2 Å². The van der Waals surface area contributed by atoms with Gasteiger partial charge in [0.1, 0.15) is 22.5 Å². The van der Waals surface area contributed by atoms with Gasteiger partial charge in [-0.2, -0.15) is 0 Å². The van der Waals surface area contributed by atoms with Crippen LogP contribution in [0.5, 0.6) is 11.5 Å². The molecular weight excluding hydrogens is 636 g/mol. The number of nitrogens with two attached hydrogens (primary N) is 6. The Morgan fingerprint density at radius 1 is 0.755 bits per heavy atom. The van der Waals surface area contributed by atoms with E-state index in [4.69, 9.17) is 39.1 Å². The van der Waals surface area contributed by atoms with Crippen LogP contribution in [-0.4, -0.2) is 54.9 Å². The third kappa shape index (κ3) is 7.60. The van der Waals surface area contributed by atoms with Crippen LogP contribution in [-0.2, 0) is 22.7 Å². The van der Waals surface area contributed by atoms with Crippen LogP contribution in [0.25, 0.3) is 22.1 Å². The molecule has 15 N–H and O–H groups in total. The summed E-state index contributed by atoms with van der Waals surface area (Å²) in [7, 11) is 1.40. The van der Waals surface area contributed by atoms with E-state index in [2.05, 4.69) is 20.6 Å². The molecule has 0 unspecified atom stereocenters. The van der Waals surface area contributed by atoms with E-state index in [1.165, 1.54) is 72.6 Å². The summed E-state index contributed by atoms with van der Waals surface area (Å²) in [6.45, 7) is 0.109. The first-order valence-electron chi connectivity index (χ1n) is 14.3. The first-order valence-corrected chi connectivity index (χ1v) is 14.3. The number of anilines is 2. The molecule has 49 heavy (non-hydrogen) atoms. The maximum Gasteiger partial charge on any atom is 0.273 e. The van der Waals surface area contributed by atoms with Gasteiger partial charge in [0.05, 0.1) is 29.5 Å². The second kappa shape index (κ2) is 14.9. The molecule has 4 rings (SSSR count). The number of nitrogens with one attached hydrogen (secondary N) is 2. The second-order valence-electron chi connectivity index (χ2n) is 10.1. The van der Waals surface area contributed by atoms with Crippen molar-refractivity contribution in [2.75, 3.05) is 17.7 Å². The van der Waals surface area contributed by atoms with Crippen molar-refractivity contribution in [2.45, 2.75) is 13.1 Å². The number of aromatic nitrogens is 4. The number of methoxy groups -OCH3 is 1. The summed E-state index contributed by atoms with van der Waals surface area (Å²) in [6, 6.07) is 5.44. The Bertz CT molecular complexity index is 2120. The zero-order valence-electron chi connectivity index (χ0n) is 26.1. The highest BCUT2D eigenvalue weighted by molar-refractivity contribution is 6.05. The van der Waals surface area contributed by atoms with Gasteiger partial charge in [-0.1, -0.05) is 12.2 Å². The lowest BCUT2D eigenvalue weighted by Gasteiger charge is -2.11. The van der Waals surface area contributed by atoms with Gasteiger partial charge >= 0.3 is 0 Å². The van der Waals surface area contributed by atoms with Gasteiger partial charge in [0.15, 0.2) is 0 Å². The Morgan fingerprint density at radius 3 is 1.65 bits per heavy atom. The fraction of sp³-hybridized carbons (Fsp3) is 0.0968. The van der Waals surface area contributed by atoms with Crippen molar-refractivity contribution in [2.24, 2.45) is 34.4 Å². The maximum atomic E-state index is 12.8. The van der Waals surface area contributed by atoms with Crippen LogP contribution in [0.4, 0.5) is 11.9 Å². The van der Waals surface area contributed by atoms with Gasteiger partial charge in [-0.05, 0) is 61.0 Å². The van der Waals surface area contributed by atoms with Gasteiger partial charge in [-0.25, -0.2) is 9.97 Å². The number of benzene rings is 2. The minimum absolute atomic E-state index is 0.0000882. The van der Waals surface area contributed by atoms with E-state index >= 15 is 0 Å². The van der Waals surface area contributed by atoms with Gasteiger partial charge in [-0.15, -0.1) is 0 Å². The molecule has 0 atom stereocenters. The Balaban J connectivity index is 1.76. The highest BCUT2D eigenvalue weighted by atomic mass is 16.5. The van der Waals surface area contributed by atoms with E-state index < -0.39 is 23.6 Å². The molecule has 0 bridgehead atoms. The van der Waals surface area contributed by atoms with E-state index in [0.717, 1.165) is 0 Å². The molecule has 0 aliphatic carbocycles. The number of carbonyl (C=O) groups is 4. The molecule has 0 radical (unpaired) electrons. The number of aromatic hydroxyl groups is 1. The molecule has 254 valence electrons. The number of phenols is 1. The lowest BCUT2D eigenvalue weighted by Crippen LogP contribution is -2.22. The lowest BCUT2D eigenvalue weighted by atomic mass is 10.1. The average molecular weight is 671 g/mol. The average Bonchev–Trinajstić information content (AvgIpc) is 3.60. The van der Waals surface area contributed by atoms with Gasteiger partial charge in [0.2, 0.25) is 23.7 Å². The third-order valence-corrected chi connectivity index (χ3v) is 6.91. The van der Waals surface area contributed by atoms with Crippen LogP contribution in [0.3, 0.4) is 0 Å². The number of fused-ring (bicyclic) bond motifs is 2. The zero-order valence-corrected chi connectivity index (χ0v) is 26.1. The lowest BCUT2D eigenvalue weighted by molar-refractivity contribution is -0.113. The first kappa shape index (κ1) is 34.6. The minimum Gasteiger partial charge on any atom is -0.506 e. The quantitative estimate of drug-likeness (QED) is 0.0518. The molecule has 0 saturated heterocycles. The molecule has 0 spiro atoms. The molecule has 2 aromatic heterocycles. The summed E-state index contributed by atoms with van der Waals surface area (Å²) in [5.74, 6) is -2.92. The van der Waals surface area contributed by atoms with Crippen LogP contribution in [0.2, 0.25) is 0 Å². The van der Waals surface area contributed by atoms with Crippen LogP contribution in [0.15, 0.2) is 84.5 Å². The van der Waals surface area contributed by atoms with E-state index in [1.54, 1.807) is 16.7 Å². The molecule has 4 aromatic rings. The fourth-order valence-corrected chi connectivity index (χ4v) is 4.64. The summed E-state index contributed by atoms with van der Waals surface area (Å²) in [5, 5.41) is 16.1. The molecule has 0 aliphatic rings. The van der Waals surface area contributed by atoms with Gasteiger partial charge < -0.3 is 53.4 Å². The molecule has 18 heteroatoms. The van der Waals surface area contributed by atoms with Crippen molar-refractivity contribution < 1.29 is 29.0 Å². The third-order valence-electron chi connectivity index (χ3n) is 6.91. The zero-order chi connectivity index (χ0) is 35.8. The Kier molecular flexibility index (Phi) is 10.5. The molecular formula is C31H34N12O6. The van der Waals surface area contributed by atoms with Gasteiger partial charge in [-0.3, -0.25) is 29.8 Å². The number of nitrogens with zero attached hydrogens (tertiary/aromatic N) is 4. The molecule has 18 nitrogen and oxygen atoms in total. The first-order chi connectivity index (χ1) is 23.4. The summed E-state index contributed by atoms with van der Waals surface area (Å²) in [6.07, 6.45) is 11.1. The number of amides is 4. The number of rotatable bonds is 13. The number of allylic oxidation sites excluding steroid dienone is 6. The molecule has 0 saturated carbocycles. The predicted molar refractivity (Wildman–Crippen MR) is 182 cm³/mol. The molecule has 0 fully saturated rings. The van der Waals surface area contributed by atoms with Crippen molar-refractivity contribution in [3.63, 3.8) is 0 Å². The standard InChI is InChI=1S/C31H34N12O6/c1-49-23-15-17(27(37)46)13-21-25(23)43(31(39-21)41-29(48)19(35)7-5-9-33)11-3-2-10-42-24-20(12-16(26(36)45)14-22(24)44)38-30(42)40-28(47)18(34)6-4-8-32/h2-9,12-15,44H,10-11,32-35H2,1H3,(H2,36,45)(H2,37,46)(H,38,40,47)(H,39,41,48)/b3-2+,8-4-,9-5-,18-6-,19-7-. The van der Waals surface area contributed by atoms with E-state index in [-0.39, 0.29) is 75.6 Å². The molecule has 2 heterocycles. The van der Waals surface area contributed by atoms with E-state index in [1.807, 2.05) is 0 Å². The van der Waals surface area contributed by atoms with Crippen molar-refractivity contribution in [1.29, 1.82) is 0 Å². The monoisotopic (exact) mass is 670 g/mol. The second-order valence-corrected chi connectivity index (χ2v) is 10.1. The van der Waals surface area contributed by atoms with Gasteiger partial charge in [0.25, 0.3) is 11.8 Å². The van der Waals surface area contributed by atoms with Crippen LogP contribution < -0.4 is 49.8 Å². The normalized spacial score (nSPS) is 12.4. The molecule has 4 amide bonds. The summed E-state index contributed by atoms with van der Waals surface area (Å²) >= 11 is 0.